The molecule has 1 aromatic carbocycles. The van der Waals surface area contributed by atoms with E-state index in [1.165, 1.54) is 5.56 Å². The molecule has 0 saturated carbocycles. The summed E-state index contributed by atoms with van der Waals surface area (Å²) in [6, 6.07) is 9.96. The van der Waals surface area contributed by atoms with Crippen LogP contribution in [0.3, 0.4) is 0 Å². The standard InChI is InChI=1S/C22H26N2O3S/c25-21(24-10-12-27-13-11-24)19-3-1-17(2-4-19)15-18-5-8-23(9-6-18)22(26)20-7-14-28-16-20/h1-4,7,14,16,18H,5-6,8-13,15H2. The van der Waals surface area contributed by atoms with Crippen molar-refractivity contribution in [3.05, 3.63) is 57.8 Å². The SMILES string of the molecule is O=C(c1ccc(CC2CCN(C(=O)c3ccsc3)CC2)cc1)N1CCOCC1. The number of rotatable bonds is 4. The Morgan fingerprint density at radius 2 is 1.54 bits per heavy atom. The van der Waals surface area contributed by atoms with Crippen LogP contribution in [0.5, 0.6) is 0 Å². The van der Waals surface area contributed by atoms with Crippen molar-refractivity contribution in [1.82, 2.24) is 9.80 Å². The number of hydrogen-bond donors (Lipinski definition) is 0. The molecule has 3 heterocycles. The van der Waals surface area contributed by atoms with Gasteiger partial charge >= 0.3 is 0 Å². The zero-order chi connectivity index (χ0) is 19.3. The van der Waals surface area contributed by atoms with E-state index in [1.54, 1.807) is 11.3 Å². The van der Waals surface area contributed by atoms with Crippen molar-refractivity contribution in [2.75, 3.05) is 39.4 Å². The summed E-state index contributed by atoms with van der Waals surface area (Å²) in [6.45, 7) is 4.24. The van der Waals surface area contributed by atoms with Gasteiger partial charge in [0.05, 0.1) is 18.8 Å². The van der Waals surface area contributed by atoms with Gasteiger partial charge in [0.25, 0.3) is 11.8 Å². The predicted octanol–water partition coefficient (Wildman–Crippen LogP) is 3.32. The summed E-state index contributed by atoms with van der Waals surface area (Å²) in [5.74, 6) is 0.841. The second-order valence-electron chi connectivity index (χ2n) is 7.55. The maximum absolute atomic E-state index is 12.5. The highest BCUT2D eigenvalue weighted by Crippen LogP contribution is 2.24. The van der Waals surface area contributed by atoms with Crippen molar-refractivity contribution in [2.24, 2.45) is 5.92 Å². The van der Waals surface area contributed by atoms with E-state index in [0.29, 0.717) is 32.2 Å². The van der Waals surface area contributed by atoms with Gasteiger partial charge in [-0.3, -0.25) is 9.59 Å². The number of thiophene rings is 1. The van der Waals surface area contributed by atoms with Crippen LogP contribution < -0.4 is 0 Å². The van der Waals surface area contributed by atoms with Crippen molar-refractivity contribution in [2.45, 2.75) is 19.3 Å². The molecule has 2 amide bonds. The first-order valence-corrected chi connectivity index (χ1v) is 10.9. The average molecular weight is 399 g/mol. The van der Waals surface area contributed by atoms with E-state index in [0.717, 1.165) is 43.5 Å². The second-order valence-corrected chi connectivity index (χ2v) is 8.33. The van der Waals surface area contributed by atoms with Gasteiger partial charge in [0.15, 0.2) is 0 Å². The van der Waals surface area contributed by atoms with Gasteiger partial charge in [-0.15, -0.1) is 0 Å². The van der Waals surface area contributed by atoms with E-state index >= 15 is 0 Å². The number of carbonyl (C=O) groups is 2. The molecule has 0 atom stereocenters. The van der Waals surface area contributed by atoms with E-state index in [4.69, 9.17) is 4.74 Å². The van der Waals surface area contributed by atoms with E-state index in [1.807, 2.05) is 38.8 Å². The van der Waals surface area contributed by atoms with Crippen LogP contribution in [0.4, 0.5) is 0 Å². The number of ether oxygens (including phenoxy) is 1. The van der Waals surface area contributed by atoms with Crippen LogP contribution in [-0.2, 0) is 11.2 Å². The minimum absolute atomic E-state index is 0.0927. The third kappa shape index (κ3) is 4.45. The molecule has 2 saturated heterocycles. The Hall–Kier alpha value is -2.18. The first-order valence-electron chi connectivity index (χ1n) is 9.98. The smallest absolute Gasteiger partial charge is 0.254 e. The summed E-state index contributed by atoms with van der Waals surface area (Å²) in [6.07, 6.45) is 3.07. The lowest BCUT2D eigenvalue weighted by Crippen LogP contribution is -2.40. The van der Waals surface area contributed by atoms with Crippen molar-refractivity contribution >= 4 is 23.2 Å². The third-order valence-corrected chi connectivity index (χ3v) is 6.38. The maximum atomic E-state index is 12.5. The highest BCUT2D eigenvalue weighted by molar-refractivity contribution is 7.08. The van der Waals surface area contributed by atoms with Gasteiger partial charge in [-0.05, 0) is 54.3 Å². The van der Waals surface area contributed by atoms with Crippen molar-refractivity contribution < 1.29 is 14.3 Å². The van der Waals surface area contributed by atoms with E-state index in [2.05, 4.69) is 12.1 Å². The van der Waals surface area contributed by atoms with E-state index in [-0.39, 0.29) is 11.8 Å². The highest BCUT2D eigenvalue weighted by atomic mass is 32.1. The number of likely N-dealkylation sites (tertiary alicyclic amines) is 1. The van der Waals surface area contributed by atoms with Gasteiger partial charge in [0.1, 0.15) is 0 Å². The van der Waals surface area contributed by atoms with E-state index in [9.17, 15) is 9.59 Å². The van der Waals surface area contributed by atoms with Gasteiger partial charge < -0.3 is 14.5 Å². The molecule has 2 fully saturated rings. The van der Waals surface area contributed by atoms with Gasteiger partial charge in [0.2, 0.25) is 0 Å². The Kier molecular flexibility index (Phi) is 6.07. The Bertz CT molecular complexity index is 790. The highest BCUT2D eigenvalue weighted by Gasteiger charge is 2.24. The van der Waals surface area contributed by atoms with Crippen LogP contribution in [0, 0.1) is 5.92 Å². The fourth-order valence-electron chi connectivity index (χ4n) is 3.97. The predicted molar refractivity (Wildman–Crippen MR) is 110 cm³/mol. The summed E-state index contributed by atoms with van der Waals surface area (Å²) in [4.78, 5) is 28.8. The summed E-state index contributed by atoms with van der Waals surface area (Å²) in [5, 5.41) is 3.88. The Labute approximate surface area is 169 Å². The number of hydrogen-bond acceptors (Lipinski definition) is 4. The molecule has 5 nitrogen and oxygen atoms in total. The molecule has 2 aliphatic heterocycles. The molecular weight excluding hydrogens is 372 g/mol. The third-order valence-electron chi connectivity index (χ3n) is 5.69. The number of piperidine rings is 1. The first kappa shape index (κ1) is 19.2. The Morgan fingerprint density at radius 1 is 0.893 bits per heavy atom. The average Bonchev–Trinajstić information content (AvgIpc) is 3.29. The molecule has 4 rings (SSSR count). The Balaban J connectivity index is 1.28. The lowest BCUT2D eigenvalue weighted by atomic mass is 9.89. The summed E-state index contributed by atoms with van der Waals surface area (Å²) < 4.78 is 5.31. The molecule has 2 aliphatic rings. The van der Waals surface area contributed by atoms with E-state index < -0.39 is 0 Å². The fraction of sp³-hybridized carbons (Fsp3) is 0.455. The van der Waals surface area contributed by atoms with Gasteiger partial charge in [-0.1, -0.05) is 12.1 Å². The largest absolute Gasteiger partial charge is 0.378 e. The first-order chi connectivity index (χ1) is 13.7. The van der Waals surface area contributed by atoms with Gasteiger partial charge in [0, 0.05) is 37.1 Å². The molecule has 0 aliphatic carbocycles. The van der Waals surface area contributed by atoms with Gasteiger partial charge in [-0.25, -0.2) is 0 Å². The number of benzene rings is 1. The molecule has 28 heavy (non-hydrogen) atoms. The van der Waals surface area contributed by atoms with Crippen LogP contribution in [0.2, 0.25) is 0 Å². The number of nitrogens with zero attached hydrogens (tertiary/aromatic N) is 2. The monoisotopic (exact) mass is 398 g/mol. The summed E-state index contributed by atoms with van der Waals surface area (Å²) in [7, 11) is 0. The van der Waals surface area contributed by atoms with Crippen molar-refractivity contribution in [3.63, 3.8) is 0 Å². The van der Waals surface area contributed by atoms with Crippen LogP contribution in [0.15, 0.2) is 41.1 Å². The normalized spacial score (nSPS) is 18.3. The van der Waals surface area contributed by atoms with Crippen LogP contribution in [-0.4, -0.2) is 61.0 Å². The number of carbonyl (C=O) groups excluding carboxylic acids is 2. The topological polar surface area (TPSA) is 49.9 Å². The maximum Gasteiger partial charge on any atom is 0.254 e. The molecule has 0 N–H and O–H groups in total. The molecule has 2 aromatic rings. The Morgan fingerprint density at radius 3 is 2.18 bits per heavy atom. The minimum atomic E-state index is 0.0927. The van der Waals surface area contributed by atoms with Crippen LogP contribution in [0.25, 0.3) is 0 Å². The molecule has 148 valence electrons. The zero-order valence-corrected chi connectivity index (χ0v) is 16.8. The lowest BCUT2D eigenvalue weighted by molar-refractivity contribution is 0.0303. The zero-order valence-electron chi connectivity index (χ0n) is 16.0. The fourth-order valence-corrected chi connectivity index (χ4v) is 4.60. The molecular formula is C22H26N2O3S. The van der Waals surface area contributed by atoms with Crippen LogP contribution >= 0.6 is 11.3 Å². The molecule has 0 bridgehead atoms. The summed E-state index contributed by atoms with van der Waals surface area (Å²) >= 11 is 1.57. The quantitative estimate of drug-likeness (QED) is 0.794. The molecule has 0 radical (unpaired) electrons. The molecule has 6 heteroatoms. The number of amides is 2. The van der Waals surface area contributed by atoms with Crippen LogP contribution in [0.1, 0.15) is 39.1 Å². The molecule has 1 aromatic heterocycles. The summed E-state index contributed by atoms with van der Waals surface area (Å²) in [5.41, 5.74) is 2.83. The molecule has 0 spiro atoms. The number of morpholine rings is 1. The minimum Gasteiger partial charge on any atom is -0.378 e. The van der Waals surface area contributed by atoms with Gasteiger partial charge in [-0.2, -0.15) is 11.3 Å². The molecule has 0 unspecified atom stereocenters. The van der Waals surface area contributed by atoms with Crippen molar-refractivity contribution in [1.29, 1.82) is 0 Å². The second kappa shape index (κ2) is 8.88. The van der Waals surface area contributed by atoms with Crippen molar-refractivity contribution in [3.8, 4) is 0 Å². The lowest BCUT2D eigenvalue weighted by Gasteiger charge is -2.32.